The van der Waals surface area contributed by atoms with Gasteiger partial charge in [0.05, 0.1) is 16.9 Å². The quantitative estimate of drug-likeness (QED) is 0.174. The van der Waals surface area contributed by atoms with Crippen LogP contribution in [0.1, 0.15) is 47.3 Å². The molecule has 0 unspecified atom stereocenters. The molecule has 1 fully saturated rings. The molecule has 5 rings (SSSR count). The molecule has 42 heavy (non-hydrogen) atoms. The summed E-state index contributed by atoms with van der Waals surface area (Å²) in [7, 11) is -4.25. The Hall–Kier alpha value is -3.83. The fourth-order valence-corrected chi connectivity index (χ4v) is 7.92. The number of thioether (sulfide) groups is 1. The maximum absolute atomic E-state index is 13.4. The second-order valence-corrected chi connectivity index (χ2v) is 13.3. The van der Waals surface area contributed by atoms with Gasteiger partial charge >= 0.3 is 12.2 Å². The minimum Gasteiger partial charge on any atom is -0.307 e. The summed E-state index contributed by atoms with van der Waals surface area (Å²) in [5.41, 5.74) is -1.22. The van der Waals surface area contributed by atoms with Crippen molar-refractivity contribution in [2.45, 2.75) is 46.7 Å². The molecular weight excluding hydrogens is 616 g/mol. The van der Waals surface area contributed by atoms with Crippen molar-refractivity contribution in [1.82, 2.24) is 24.6 Å². The number of tetrazole rings is 1. The lowest BCUT2D eigenvalue weighted by Gasteiger charge is -2.16. The van der Waals surface area contributed by atoms with E-state index in [1.807, 2.05) is 30.3 Å². The van der Waals surface area contributed by atoms with Crippen LogP contribution in [0.25, 0.3) is 0 Å². The first-order chi connectivity index (χ1) is 20.0. The second-order valence-electron chi connectivity index (χ2n) is 9.23. The highest BCUT2D eigenvalue weighted by Gasteiger charge is 2.34. The van der Waals surface area contributed by atoms with Crippen LogP contribution in [0.15, 0.2) is 64.0 Å². The lowest BCUT2D eigenvalue weighted by Crippen LogP contribution is -2.23. The van der Waals surface area contributed by atoms with E-state index < -0.39 is 39.5 Å². The van der Waals surface area contributed by atoms with E-state index in [-0.39, 0.29) is 32.0 Å². The van der Waals surface area contributed by atoms with Gasteiger partial charge in [-0.3, -0.25) is 10.1 Å². The highest BCUT2D eigenvalue weighted by atomic mass is 32.2. The third-order valence-corrected chi connectivity index (χ3v) is 10.5. The number of thiazole rings is 1. The van der Waals surface area contributed by atoms with Crippen LogP contribution in [-0.2, 0) is 22.0 Å². The van der Waals surface area contributed by atoms with E-state index >= 15 is 0 Å². The lowest BCUT2D eigenvalue weighted by atomic mass is 9.93. The van der Waals surface area contributed by atoms with E-state index in [0.717, 1.165) is 42.3 Å². The molecule has 0 atom stereocenters. The topological polar surface area (TPSA) is 149 Å². The molecule has 0 saturated heterocycles. The minimum absolute atomic E-state index is 0.0987. The molecular formula is C25H22F3N7O4S3. The van der Waals surface area contributed by atoms with E-state index in [9.17, 15) is 31.2 Å². The van der Waals surface area contributed by atoms with Crippen molar-refractivity contribution in [3.63, 3.8) is 0 Å². The first-order valence-electron chi connectivity index (χ1n) is 12.5. The molecule has 17 heteroatoms. The fraction of sp³-hybridized carbons (Fsp3) is 0.280. The van der Waals surface area contributed by atoms with Crippen LogP contribution in [0.4, 0.5) is 28.8 Å². The predicted molar refractivity (Wildman–Crippen MR) is 149 cm³/mol. The van der Waals surface area contributed by atoms with Crippen LogP contribution in [0.5, 0.6) is 0 Å². The van der Waals surface area contributed by atoms with Crippen molar-refractivity contribution in [3.05, 3.63) is 71.7 Å². The summed E-state index contributed by atoms with van der Waals surface area (Å²) in [4.78, 5) is 31.2. The summed E-state index contributed by atoms with van der Waals surface area (Å²) in [5, 5.41) is 15.0. The van der Waals surface area contributed by atoms with Gasteiger partial charge in [0.1, 0.15) is 0 Å². The van der Waals surface area contributed by atoms with Crippen LogP contribution in [0.3, 0.4) is 0 Å². The number of ketones is 1. The average Bonchev–Trinajstić information content (AvgIpc) is 3.74. The van der Waals surface area contributed by atoms with Gasteiger partial charge in [-0.05, 0) is 53.6 Å². The number of carbonyl (C=O) groups excluding carboxylic acids is 2. The number of urea groups is 1. The molecule has 0 radical (unpaired) electrons. The number of nitrogens with one attached hydrogen (secondary N) is 2. The summed E-state index contributed by atoms with van der Waals surface area (Å²) in [6.45, 7) is 0. The molecule has 2 amide bonds. The number of alkyl halides is 3. The summed E-state index contributed by atoms with van der Waals surface area (Å²) < 4.78 is 67.0. The number of halogens is 3. The van der Waals surface area contributed by atoms with Crippen LogP contribution < -0.4 is 10.6 Å². The monoisotopic (exact) mass is 637 g/mol. The van der Waals surface area contributed by atoms with Crippen molar-refractivity contribution in [2.75, 3.05) is 10.6 Å². The van der Waals surface area contributed by atoms with E-state index in [4.69, 9.17) is 0 Å². The third kappa shape index (κ3) is 6.63. The molecule has 0 spiro atoms. The Morgan fingerprint density at radius 3 is 2.48 bits per heavy atom. The zero-order valence-electron chi connectivity index (χ0n) is 21.5. The van der Waals surface area contributed by atoms with Crippen molar-refractivity contribution in [3.8, 4) is 0 Å². The van der Waals surface area contributed by atoms with Gasteiger partial charge in [0.2, 0.25) is 0 Å². The number of nitrogens with zero attached hydrogens (tertiary/aromatic N) is 5. The van der Waals surface area contributed by atoms with Gasteiger partial charge in [0.25, 0.3) is 10.0 Å². The second kappa shape index (κ2) is 12.2. The molecule has 0 aliphatic heterocycles. The van der Waals surface area contributed by atoms with Gasteiger partial charge in [0, 0.05) is 22.1 Å². The molecule has 4 aromatic rings. The first kappa shape index (κ1) is 29.7. The van der Waals surface area contributed by atoms with Crippen molar-refractivity contribution >= 4 is 55.8 Å². The number of amides is 2. The highest BCUT2D eigenvalue weighted by molar-refractivity contribution is 7.98. The molecule has 1 saturated carbocycles. The molecule has 0 bridgehead atoms. The Bertz CT molecular complexity index is 1690. The first-order valence-corrected chi connectivity index (χ1v) is 15.8. The summed E-state index contributed by atoms with van der Waals surface area (Å²) in [6.07, 6.45) is -1.06. The zero-order valence-corrected chi connectivity index (χ0v) is 24.0. The normalized spacial score (nSPS) is 14.2. The Labute approximate surface area is 246 Å². The smallest absolute Gasteiger partial charge is 0.307 e. The van der Waals surface area contributed by atoms with Crippen LogP contribution in [-0.4, -0.2) is 44.8 Å². The van der Waals surface area contributed by atoms with E-state index in [1.54, 1.807) is 0 Å². The third-order valence-electron chi connectivity index (χ3n) is 6.40. The Kier molecular flexibility index (Phi) is 8.60. The Morgan fingerprint density at radius 2 is 1.81 bits per heavy atom. The van der Waals surface area contributed by atoms with Crippen molar-refractivity contribution in [2.24, 2.45) is 5.92 Å². The van der Waals surface area contributed by atoms with E-state index in [1.165, 1.54) is 11.8 Å². The lowest BCUT2D eigenvalue weighted by molar-refractivity contribution is -0.137. The molecule has 220 valence electrons. The Balaban J connectivity index is 1.41. The number of benzene rings is 2. The van der Waals surface area contributed by atoms with Gasteiger partial charge in [-0.25, -0.2) is 9.78 Å². The number of rotatable bonds is 9. The zero-order chi connectivity index (χ0) is 29.9. The number of carbonyl (C=O) groups is 2. The van der Waals surface area contributed by atoms with Gasteiger partial charge in [-0.1, -0.05) is 42.4 Å². The standard InChI is InChI=1S/C25H22F3N7O4S3/c26-25(27,28)16-10-11-19(18(12-16)21(36)15-6-4-5-7-15)30-23(37)32-24-31-20(13-40-17-8-2-1-3-9-17)22(41-24)42(38,39)35-14-29-33-34-35/h1-3,8-12,14-15H,4-7,13H2,(H2,30,31,32,37). The number of hydrogen-bond donors (Lipinski definition) is 2. The molecule has 1 aliphatic rings. The maximum Gasteiger partial charge on any atom is 0.416 e. The van der Waals surface area contributed by atoms with Gasteiger partial charge in [-0.15, -0.1) is 20.9 Å². The molecule has 2 heterocycles. The molecule has 2 aromatic carbocycles. The SMILES string of the molecule is O=C(Nc1nc(CSc2ccccc2)c(S(=O)(=O)n2cnnn2)s1)Nc1ccc(C(F)(F)F)cc1C(=O)C1CCCC1. The maximum atomic E-state index is 13.4. The number of Topliss-reactive ketones (excluding diaryl/α,β-unsaturated/α-hetero) is 1. The van der Waals surface area contributed by atoms with E-state index in [0.29, 0.717) is 28.3 Å². The Morgan fingerprint density at radius 1 is 1.07 bits per heavy atom. The van der Waals surface area contributed by atoms with Gasteiger partial charge in [0.15, 0.2) is 21.5 Å². The van der Waals surface area contributed by atoms with Gasteiger partial charge in [-0.2, -0.15) is 21.6 Å². The van der Waals surface area contributed by atoms with Crippen molar-refractivity contribution < 1.29 is 31.2 Å². The number of aromatic nitrogens is 5. The van der Waals surface area contributed by atoms with E-state index in [2.05, 4.69) is 31.1 Å². The number of hydrogen-bond acceptors (Lipinski definition) is 10. The van der Waals surface area contributed by atoms with Crippen molar-refractivity contribution in [1.29, 1.82) is 0 Å². The van der Waals surface area contributed by atoms with Crippen LogP contribution >= 0.6 is 23.1 Å². The van der Waals surface area contributed by atoms with Crippen LogP contribution in [0, 0.1) is 5.92 Å². The molecule has 11 nitrogen and oxygen atoms in total. The molecule has 2 N–H and O–H groups in total. The van der Waals surface area contributed by atoms with Gasteiger partial charge < -0.3 is 5.32 Å². The molecule has 1 aliphatic carbocycles. The molecule has 2 aromatic heterocycles. The van der Waals surface area contributed by atoms with Crippen LogP contribution in [0.2, 0.25) is 0 Å². The minimum atomic E-state index is -4.68. The summed E-state index contributed by atoms with van der Waals surface area (Å²) in [5.74, 6) is -0.780. The largest absolute Gasteiger partial charge is 0.416 e. The number of anilines is 2. The summed E-state index contributed by atoms with van der Waals surface area (Å²) in [6, 6.07) is 10.8. The fourth-order valence-electron chi connectivity index (χ4n) is 4.39. The summed E-state index contributed by atoms with van der Waals surface area (Å²) >= 11 is 1.98. The highest BCUT2D eigenvalue weighted by Crippen LogP contribution is 2.36. The average molecular weight is 638 g/mol. The predicted octanol–water partition coefficient (Wildman–Crippen LogP) is 5.69.